The molecule has 0 radical (unpaired) electrons. The highest BCUT2D eigenvalue weighted by Gasteiger charge is 2.33. The van der Waals surface area contributed by atoms with E-state index in [2.05, 4.69) is 4.98 Å². The molecule has 0 unspecified atom stereocenters. The lowest BCUT2D eigenvalue weighted by molar-refractivity contribution is -0.141. The quantitative estimate of drug-likeness (QED) is 0.273. The number of anilines is 1. The molecule has 0 saturated carbocycles. The average molecular weight is 542 g/mol. The Labute approximate surface area is 207 Å². The normalized spacial score (nSPS) is 16.4. The van der Waals surface area contributed by atoms with Crippen LogP contribution in [0, 0.1) is 0 Å². The van der Waals surface area contributed by atoms with Gasteiger partial charge < -0.3 is 10.6 Å². The van der Waals surface area contributed by atoms with E-state index < -0.39 is 36.4 Å². The molecule has 1 aliphatic heterocycles. The Hall–Kier alpha value is -2.31. The smallest absolute Gasteiger partial charge is 0.319 e. The molecule has 192 valence electrons. The number of alkyl halides is 6. The van der Waals surface area contributed by atoms with Crippen LogP contribution in [0.3, 0.4) is 0 Å². The van der Waals surface area contributed by atoms with Crippen LogP contribution < -0.4 is 10.6 Å². The highest BCUT2D eigenvalue weighted by atomic mass is 35.5. The molecule has 2 heterocycles. The van der Waals surface area contributed by atoms with Gasteiger partial charge in [0.25, 0.3) is 0 Å². The average Bonchev–Trinajstić information content (AvgIpc) is 2.87. The fourth-order valence-electron chi connectivity index (χ4n) is 3.38. The maximum atomic E-state index is 12.9. The van der Waals surface area contributed by atoms with Crippen molar-refractivity contribution in [2.24, 2.45) is 5.73 Å². The number of nitrogens with two attached hydrogens (primary N) is 1. The number of amides is 1. The second kappa shape index (κ2) is 11.6. The van der Waals surface area contributed by atoms with Crippen molar-refractivity contribution in [3.8, 4) is 0 Å². The van der Waals surface area contributed by atoms with Crippen molar-refractivity contribution in [2.75, 3.05) is 10.7 Å². The van der Waals surface area contributed by atoms with E-state index in [0.29, 0.717) is 16.1 Å². The molecule has 1 aliphatic rings. The Morgan fingerprint density at radius 2 is 1.83 bits per heavy atom. The van der Waals surface area contributed by atoms with Crippen molar-refractivity contribution in [1.29, 1.82) is 0 Å². The number of carbonyl (C=O) groups excluding carboxylic acids is 2. The van der Waals surface area contributed by atoms with Crippen molar-refractivity contribution in [1.82, 2.24) is 4.98 Å². The number of ketones is 1. The lowest BCUT2D eigenvalue weighted by Gasteiger charge is -2.25. The summed E-state index contributed by atoms with van der Waals surface area (Å²) in [5.74, 6) is -0.578. The molecule has 1 atom stereocenters. The van der Waals surface area contributed by atoms with Crippen molar-refractivity contribution in [2.45, 2.75) is 55.5 Å². The van der Waals surface area contributed by atoms with Gasteiger partial charge in [0.1, 0.15) is 5.69 Å². The number of aromatic nitrogens is 1. The Morgan fingerprint density at radius 1 is 1.11 bits per heavy atom. The summed E-state index contributed by atoms with van der Waals surface area (Å²) in [5, 5.41) is 0. The largest absolute Gasteiger partial charge is 0.433 e. The first-order valence-corrected chi connectivity index (χ1v) is 11.3. The molecule has 0 bridgehead atoms. The number of halogens is 7. The number of unbranched alkanes of at least 4 members (excludes halogenated alkanes) is 1. The molecule has 1 aromatic heterocycles. The summed E-state index contributed by atoms with van der Waals surface area (Å²) in [5.41, 5.74) is 5.82. The molecule has 0 spiro atoms. The van der Waals surface area contributed by atoms with Gasteiger partial charge in [-0.25, -0.2) is 0 Å². The number of hydrogen-bond acceptors (Lipinski definition) is 5. The SMILES string of the molecule is Cl.N[C@H]1CSc2ccc(C(=O)CCCCC(F)(F)F)cc2N(Cc2ccc(C(F)(F)F)nc2)C1=O. The maximum absolute atomic E-state index is 12.9. The number of carbonyl (C=O) groups is 2. The monoisotopic (exact) mass is 541 g/mol. The first kappa shape index (κ1) is 28.9. The van der Waals surface area contributed by atoms with Crippen molar-refractivity contribution < 1.29 is 35.9 Å². The first-order chi connectivity index (χ1) is 15.8. The van der Waals surface area contributed by atoms with E-state index in [1.807, 2.05) is 0 Å². The molecule has 2 N–H and O–H groups in total. The Morgan fingerprint density at radius 3 is 2.43 bits per heavy atom. The third kappa shape index (κ3) is 7.84. The molecular formula is C22H22ClF6N3O2S. The number of thioether (sulfide) groups is 1. The Kier molecular flexibility index (Phi) is 9.60. The maximum Gasteiger partial charge on any atom is 0.433 e. The highest BCUT2D eigenvalue weighted by Crippen LogP contribution is 2.36. The van der Waals surface area contributed by atoms with E-state index in [9.17, 15) is 35.9 Å². The number of fused-ring (bicyclic) bond motifs is 1. The molecule has 0 saturated heterocycles. The molecule has 3 rings (SSSR count). The van der Waals surface area contributed by atoms with Gasteiger partial charge in [0.15, 0.2) is 5.78 Å². The minimum atomic E-state index is -4.60. The molecule has 0 fully saturated rings. The second-order valence-corrected chi connectivity index (χ2v) is 8.88. The zero-order valence-corrected chi connectivity index (χ0v) is 19.8. The summed E-state index contributed by atoms with van der Waals surface area (Å²) >= 11 is 1.30. The van der Waals surface area contributed by atoms with E-state index in [4.69, 9.17) is 5.73 Å². The third-order valence-electron chi connectivity index (χ3n) is 5.14. The third-order valence-corrected chi connectivity index (χ3v) is 6.33. The van der Waals surface area contributed by atoms with Gasteiger partial charge in [-0.2, -0.15) is 26.3 Å². The van der Waals surface area contributed by atoms with Crippen molar-refractivity contribution in [3.05, 3.63) is 53.3 Å². The number of rotatable bonds is 7. The van der Waals surface area contributed by atoms with Crippen LogP contribution in [-0.2, 0) is 17.5 Å². The lowest BCUT2D eigenvalue weighted by atomic mass is 10.0. The van der Waals surface area contributed by atoms with Gasteiger partial charge in [0.05, 0.1) is 18.3 Å². The lowest BCUT2D eigenvalue weighted by Crippen LogP contribution is -2.44. The van der Waals surface area contributed by atoms with Crippen LogP contribution in [0.25, 0.3) is 0 Å². The number of benzene rings is 1. The van der Waals surface area contributed by atoms with E-state index in [0.717, 1.165) is 12.3 Å². The number of Topliss-reactive ketones (excluding diaryl/α,β-unsaturated/α-hetero) is 1. The van der Waals surface area contributed by atoms with Crippen LogP contribution in [0.1, 0.15) is 47.3 Å². The molecule has 13 heteroatoms. The number of hydrogen-bond donors (Lipinski definition) is 1. The summed E-state index contributed by atoms with van der Waals surface area (Å²) in [6.45, 7) is -0.117. The first-order valence-electron chi connectivity index (χ1n) is 10.3. The van der Waals surface area contributed by atoms with Gasteiger partial charge in [0.2, 0.25) is 5.91 Å². The van der Waals surface area contributed by atoms with E-state index >= 15 is 0 Å². The molecule has 1 aromatic carbocycles. The molecule has 5 nitrogen and oxygen atoms in total. The van der Waals surface area contributed by atoms with Crippen LogP contribution in [-0.4, -0.2) is 34.6 Å². The van der Waals surface area contributed by atoms with Gasteiger partial charge in [0, 0.05) is 35.3 Å². The minimum Gasteiger partial charge on any atom is -0.319 e. The van der Waals surface area contributed by atoms with Gasteiger partial charge in [-0.15, -0.1) is 24.2 Å². The topological polar surface area (TPSA) is 76.3 Å². The van der Waals surface area contributed by atoms with Gasteiger partial charge >= 0.3 is 12.4 Å². The standard InChI is InChI=1S/C22H21F6N3O2S.ClH/c23-21(24,25)8-2-1-3-17(32)14-5-6-18-16(9-14)31(20(33)15(29)12-34-18)11-13-4-7-19(30-10-13)22(26,27)28;/h4-7,9-10,15H,1-3,8,11-12,29H2;1H/t15-;/m0./s1. The Balaban J connectivity index is 0.00000432. The molecule has 35 heavy (non-hydrogen) atoms. The van der Waals surface area contributed by atoms with Gasteiger partial charge in [-0.05, 0) is 36.6 Å². The van der Waals surface area contributed by atoms with Crippen LogP contribution in [0.5, 0.6) is 0 Å². The predicted molar refractivity (Wildman–Crippen MR) is 122 cm³/mol. The van der Waals surface area contributed by atoms with Crippen LogP contribution in [0.15, 0.2) is 41.4 Å². The molecule has 1 amide bonds. The Bertz CT molecular complexity index is 1050. The summed E-state index contributed by atoms with van der Waals surface area (Å²) < 4.78 is 75.3. The zero-order chi connectivity index (χ0) is 25.1. The number of pyridine rings is 1. The predicted octanol–water partition coefficient (Wildman–Crippen LogP) is 5.79. The molecule has 0 aliphatic carbocycles. The summed E-state index contributed by atoms with van der Waals surface area (Å²) in [7, 11) is 0. The molecule has 2 aromatic rings. The summed E-state index contributed by atoms with van der Waals surface area (Å²) in [6, 6.07) is 5.79. The minimum absolute atomic E-state index is 0. The van der Waals surface area contributed by atoms with E-state index in [1.54, 1.807) is 6.07 Å². The van der Waals surface area contributed by atoms with Gasteiger partial charge in [-0.3, -0.25) is 14.6 Å². The summed E-state index contributed by atoms with van der Waals surface area (Å²) in [6.07, 6.45) is -9.02. The second-order valence-electron chi connectivity index (χ2n) is 7.82. The number of nitrogens with zero attached hydrogens (tertiary/aromatic N) is 2. The highest BCUT2D eigenvalue weighted by molar-refractivity contribution is 7.99. The van der Waals surface area contributed by atoms with E-state index in [1.165, 1.54) is 34.9 Å². The van der Waals surface area contributed by atoms with Crippen LogP contribution in [0.2, 0.25) is 0 Å². The van der Waals surface area contributed by atoms with Gasteiger partial charge in [-0.1, -0.05) is 12.1 Å². The summed E-state index contributed by atoms with van der Waals surface area (Å²) in [4.78, 5) is 30.8. The van der Waals surface area contributed by atoms with Crippen molar-refractivity contribution in [3.63, 3.8) is 0 Å². The van der Waals surface area contributed by atoms with Crippen LogP contribution in [0.4, 0.5) is 32.0 Å². The van der Waals surface area contributed by atoms with E-state index in [-0.39, 0.29) is 55.3 Å². The fraction of sp³-hybridized carbons (Fsp3) is 0.409. The van der Waals surface area contributed by atoms with Crippen LogP contribution >= 0.6 is 24.2 Å². The fourth-order valence-corrected chi connectivity index (χ4v) is 4.36. The van der Waals surface area contributed by atoms with Crippen molar-refractivity contribution >= 4 is 41.5 Å². The molecular weight excluding hydrogens is 520 g/mol. The zero-order valence-electron chi connectivity index (χ0n) is 18.2.